The lowest BCUT2D eigenvalue weighted by atomic mass is 9.91. The van der Waals surface area contributed by atoms with Crippen LogP contribution in [0.5, 0.6) is 0 Å². The highest BCUT2D eigenvalue weighted by Crippen LogP contribution is 2.50. The van der Waals surface area contributed by atoms with Gasteiger partial charge in [0.2, 0.25) is 0 Å². The summed E-state index contributed by atoms with van der Waals surface area (Å²) in [5.74, 6) is 0. The van der Waals surface area contributed by atoms with E-state index in [-0.39, 0.29) is 0 Å². The third-order valence-corrected chi connectivity index (χ3v) is 8.38. The molecule has 208 valence electrons. The summed E-state index contributed by atoms with van der Waals surface area (Å²) in [6, 6.07) is 65.0. The molecule has 0 fully saturated rings. The summed E-state index contributed by atoms with van der Waals surface area (Å²) >= 11 is 0. The van der Waals surface area contributed by atoms with Crippen LogP contribution in [-0.2, 0) is 0 Å². The van der Waals surface area contributed by atoms with Gasteiger partial charge >= 0.3 is 0 Å². The second-order valence-electron chi connectivity index (χ2n) is 11.0. The van der Waals surface area contributed by atoms with Gasteiger partial charge in [-0.3, -0.25) is 0 Å². The molecule has 8 rings (SSSR count). The van der Waals surface area contributed by atoms with Crippen molar-refractivity contribution in [2.75, 3.05) is 9.80 Å². The average molecular weight is 563 g/mol. The van der Waals surface area contributed by atoms with Crippen molar-refractivity contribution < 1.29 is 0 Å². The maximum atomic E-state index is 2.39. The van der Waals surface area contributed by atoms with Crippen molar-refractivity contribution in [2.45, 2.75) is 0 Å². The van der Waals surface area contributed by atoms with Crippen LogP contribution in [0.25, 0.3) is 32.3 Å². The van der Waals surface area contributed by atoms with Gasteiger partial charge in [0.05, 0.1) is 11.4 Å². The van der Waals surface area contributed by atoms with Gasteiger partial charge in [-0.2, -0.15) is 0 Å². The Labute approximate surface area is 257 Å². The van der Waals surface area contributed by atoms with Crippen LogP contribution >= 0.6 is 0 Å². The molecule has 0 spiro atoms. The minimum atomic E-state index is 1.12. The monoisotopic (exact) mass is 562 g/mol. The minimum absolute atomic E-state index is 1.12. The van der Waals surface area contributed by atoms with E-state index in [1.54, 1.807) is 0 Å². The highest BCUT2D eigenvalue weighted by molar-refractivity contribution is 6.32. The first-order valence-corrected chi connectivity index (χ1v) is 15.0. The Balaban J connectivity index is 1.56. The van der Waals surface area contributed by atoms with E-state index in [0.29, 0.717) is 0 Å². The Morgan fingerprint density at radius 3 is 0.773 bits per heavy atom. The Bertz CT molecular complexity index is 1970. The zero-order valence-electron chi connectivity index (χ0n) is 24.2. The highest BCUT2D eigenvalue weighted by atomic mass is 15.2. The molecule has 0 amide bonds. The van der Waals surface area contributed by atoms with E-state index in [2.05, 4.69) is 192 Å². The summed E-state index contributed by atoms with van der Waals surface area (Å²) in [7, 11) is 0. The maximum absolute atomic E-state index is 2.39. The fraction of sp³-hybridized carbons (Fsp3) is 0. The largest absolute Gasteiger partial charge is 0.310 e. The molecule has 44 heavy (non-hydrogen) atoms. The number of benzene rings is 8. The standard InChI is InChI=1S/C42H30N2/c1-5-17-31(18-6-1)43(32-19-7-2-8-20-32)39-29-30-40(44(33-21-9-3-10-22-33)34-23-11-4-12-24-34)42-38-28-16-14-26-36(38)35-25-13-15-27-37(35)41(39)42/h1-30H. The zero-order chi connectivity index (χ0) is 29.3. The number of para-hydroxylation sites is 4. The topological polar surface area (TPSA) is 6.48 Å². The van der Waals surface area contributed by atoms with Crippen molar-refractivity contribution in [1.29, 1.82) is 0 Å². The molecule has 0 radical (unpaired) electrons. The van der Waals surface area contributed by atoms with Gasteiger partial charge in [0, 0.05) is 33.5 Å². The minimum Gasteiger partial charge on any atom is -0.310 e. The maximum Gasteiger partial charge on any atom is 0.0548 e. The number of hydrogen-bond donors (Lipinski definition) is 0. The van der Waals surface area contributed by atoms with Crippen molar-refractivity contribution in [3.63, 3.8) is 0 Å². The molecule has 8 aromatic carbocycles. The second-order valence-corrected chi connectivity index (χ2v) is 11.0. The van der Waals surface area contributed by atoms with Gasteiger partial charge in [-0.1, -0.05) is 121 Å². The molecule has 0 aliphatic carbocycles. The molecule has 0 N–H and O–H groups in total. The van der Waals surface area contributed by atoms with E-state index >= 15 is 0 Å². The summed E-state index contributed by atoms with van der Waals surface area (Å²) in [5.41, 5.74) is 6.76. The number of anilines is 6. The van der Waals surface area contributed by atoms with Crippen molar-refractivity contribution >= 4 is 66.4 Å². The van der Waals surface area contributed by atoms with E-state index in [0.717, 1.165) is 34.1 Å². The predicted molar refractivity (Wildman–Crippen MR) is 188 cm³/mol. The molecule has 0 aromatic heterocycles. The number of nitrogens with zero attached hydrogens (tertiary/aromatic N) is 2. The van der Waals surface area contributed by atoms with Crippen LogP contribution in [0.2, 0.25) is 0 Å². The van der Waals surface area contributed by atoms with Gasteiger partial charge in [-0.15, -0.1) is 0 Å². The average Bonchev–Trinajstić information content (AvgIpc) is 3.11. The van der Waals surface area contributed by atoms with E-state index in [1.807, 2.05) is 0 Å². The number of fused-ring (bicyclic) bond motifs is 6. The molecule has 0 saturated carbocycles. The fourth-order valence-corrected chi connectivity index (χ4v) is 6.53. The van der Waals surface area contributed by atoms with Crippen LogP contribution in [0.15, 0.2) is 182 Å². The zero-order valence-corrected chi connectivity index (χ0v) is 24.2. The van der Waals surface area contributed by atoms with Gasteiger partial charge in [0.15, 0.2) is 0 Å². The summed E-state index contributed by atoms with van der Waals surface area (Å²) in [6.45, 7) is 0. The Kier molecular flexibility index (Phi) is 6.51. The summed E-state index contributed by atoms with van der Waals surface area (Å²) in [6.07, 6.45) is 0. The lowest BCUT2D eigenvalue weighted by Gasteiger charge is -2.31. The first-order chi connectivity index (χ1) is 21.9. The first kappa shape index (κ1) is 25.8. The van der Waals surface area contributed by atoms with Crippen molar-refractivity contribution in [2.24, 2.45) is 0 Å². The van der Waals surface area contributed by atoms with E-state index < -0.39 is 0 Å². The van der Waals surface area contributed by atoms with Gasteiger partial charge in [0.1, 0.15) is 0 Å². The highest BCUT2D eigenvalue weighted by Gasteiger charge is 2.24. The smallest absolute Gasteiger partial charge is 0.0548 e. The van der Waals surface area contributed by atoms with Crippen molar-refractivity contribution in [3.05, 3.63) is 182 Å². The molecule has 2 heteroatoms. The third-order valence-electron chi connectivity index (χ3n) is 8.38. The van der Waals surface area contributed by atoms with Crippen LogP contribution in [0, 0.1) is 0 Å². The van der Waals surface area contributed by atoms with Crippen LogP contribution in [0.3, 0.4) is 0 Å². The van der Waals surface area contributed by atoms with E-state index in [1.165, 1.54) is 32.3 Å². The molecule has 0 aliphatic rings. The Hall–Kier alpha value is -5.86. The lowest BCUT2D eigenvalue weighted by Crippen LogP contribution is -2.13. The molecule has 0 atom stereocenters. The Morgan fingerprint density at radius 1 is 0.227 bits per heavy atom. The fourth-order valence-electron chi connectivity index (χ4n) is 6.53. The number of hydrogen-bond acceptors (Lipinski definition) is 2. The summed E-state index contributed by atoms with van der Waals surface area (Å²) < 4.78 is 0. The molecule has 8 aromatic rings. The van der Waals surface area contributed by atoms with Gasteiger partial charge < -0.3 is 9.80 Å². The van der Waals surface area contributed by atoms with Crippen molar-refractivity contribution in [1.82, 2.24) is 0 Å². The molecule has 0 heterocycles. The summed E-state index contributed by atoms with van der Waals surface area (Å²) in [4.78, 5) is 4.78. The molecule has 0 unspecified atom stereocenters. The quantitative estimate of drug-likeness (QED) is 0.186. The SMILES string of the molecule is c1ccc(N(c2ccccc2)c2ccc(N(c3ccccc3)c3ccccc3)c3c4ccccc4c4ccccc4c23)cc1. The third kappa shape index (κ3) is 4.36. The van der Waals surface area contributed by atoms with E-state index in [9.17, 15) is 0 Å². The molecular weight excluding hydrogens is 532 g/mol. The molecular formula is C42H30N2. The Morgan fingerprint density at radius 2 is 0.477 bits per heavy atom. The molecule has 0 bridgehead atoms. The van der Waals surface area contributed by atoms with E-state index in [4.69, 9.17) is 0 Å². The lowest BCUT2D eigenvalue weighted by molar-refractivity contribution is 1.28. The van der Waals surface area contributed by atoms with Crippen LogP contribution in [0.4, 0.5) is 34.1 Å². The first-order valence-electron chi connectivity index (χ1n) is 15.0. The second kappa shape index (κ2) is 11.1. The molecule has 0 saturated heterocycles. The summed E-state index contributed by atoms with van der Waals surface area (Å²) in [5, 5.41) is 7.41. The van der Waals surface area contributed by atoms with Crippen LogP contribution in [-0.4, -0.2) is 0 Å². The van der Waals surface area contributed by atoms with Crippen LogP contribution in [0.1, 0.15) is 0 Å². The van der Waals surface area contributed by atoms with Crippen molar-refractivity contribution in [3.8, 4) is 0 Å². The normalized spacial score (nSPS) is 11.2. The van der Waals surface area contributed by atoms with Gasteiger partial charge in [-0.25, -0.2) is 0 Å². The molecule has 0 aliphatic heterocycles. The number of rotatable bonds is 6. The predicted octanol–water partition coefficient (Wildman–Crippen LogP) is 12.1. The van der Waals surface area contributed by atoms with Gasteiger partial charge in [-0.05, 0) is 82.2 Å². The molecule has 2 nitrogen and oxygen atoms in total. The van der Waals surface area contributed by atoms with Crippen LogP contribution < -0.4 is 9.80 Å². The van der Waals surface area contributed by atoms with Gasteiger partial charge in [0.25, 0.3) is 0 Å².